The molecule has 0 bridgehead atoms. The fourth-order valence-corrected chi connectivity index (χ4v) is 2.05. The normalized spacial score (nSPS) is 12.7. The van der Waals surface area contributed by atoms with Crippen LogP contribution in [0.3, 0.4) is 0 Å². The first-order valence-corrected chi connectivity index (χ1v) is 6.54. The standard InChI is InChI=1S/C12H12BrF2N3O/c1-3-16-6(2)11-17-18-12(19-11)10-8(14)4-7(13)5-9(10)15/h4-6,16H,3H2,1-2H3. The van der Waals surface area contributed by atoms with Crippen molar-refractivity contribution in [1.82, 2.24) is 15.5 Å². The van der Waals surface area contributed by atoms with E-state index < -0.39 is 11.6 Å². The molecule has 7 heteroatoms. The van der Waals surface area contributed by atoms with Gasteiger partial charge in [-0.15, -0.1) is 10.2 Å². The van der Waals surface area contributed by atoms with Crippen molar-refractivity contribution in [3.63, 3.8) is 0 Å². The third kappa shape index (κ3) is 2.98. The number of aromatic nitrogens is 2. The predicted octanol–water partition coefficient (Wildman–Crippen LogP) is 3.45. The van der Waals surface area contributed by atoms with Crippen molar-refractivity contribution in [2.75, 3.05) is 6.54 Å². The van der Waals surface area contributed by atoms with Gasteiger partial charge in [0.15, 0.2) is 0 Å². The van der Waals surface area contributed by atoms with Crippen LogP contribution >= 0.6 is 15.9 Å². The molecule has 0 saturated heterocycles. The van der Waals surface area contributed by atoms with Gasteiger partial charge in [0.1, 0.15) is 17.2 Å². The van der Waals surface area contributed by atoms with Gasteiger partial charge in [0, 0.05) is 4.47 Å². The smallest absolute Gasteiger partial charge is 0.253 e. The van der Waals surface area contributed by atoms with Gasteiger partial charge in [0.25, 0.3) is 5.89 Å². The molecular weight excluding hydrogens is 320 g/mol. The van der Waals surface area contributed by atoms with Crippen LogP contribution in [-0.2, 0) is 0 Å². The van der Waals surface area contributed by atoms with Crippen molar-refractivity contribution in [1.29, 1.82) is 0 Å². The maximum atomic E-state index is 13.7. The topological polar surface area (TPSA) is 51.0 Å². The molecule has 1 heterocycles. The Labute approximate surface area is 117 Å². The molecule has 0 fully saturated rings. The Morgan fingerprint density at radius 3 is 2.53 bits per heavy atom. The largest absolute Gasteiger partial charge is 0.419 e. The molecule has 1 unspecified atom stereocenters. The Bertz CT molecular complexity index is 565. The molecule has 0 aliphatic carbocycles. The summed E-state index contributed by atoms with van der Waals surface area (Å²) in [5.74, 6) is -1.38. The molecule has 0 saturated carbocycles. The van der Waals surface area contributed by atoms with Gasteiger partial charge >= 0.3 is 0 Å². The average Bonchev–Trinajstić information content (AvgIpc) is 2.77. The van der Waals surface area contributed by atoms with Gasteiger partial charge in [-0.2, -0.15) is 0 Å². The highest BCUT2D eigenvalue weighted by Gasteiger charge is 2.20. The monoisotopic (exact) mass is 331 g/mol. The van der Waals surface area contributed by atoms with Crippen LogP contribution in [0.1, 0.15) is 25.8 Å². The molecule has 102 valence electrons. The van der Waals surface area contributed by atoms with E-state index in [0.717, 1.165) is 18.7 Å². The van der Waals surface area contributed by atoms with Gasteiger partial charge in [0.05, 0.1) is 6.04 Å². The van der Waals surface area contributed by atoms with Crippen molar-refractivity contribution < 1.29 is 13.2 Å². The third-order valence-corrected chi connectivity index (χ3v) is 3.00. The zero-order valence-corrected chi connectivity index (χ0v) is 12.0. The summed E-state index contributed by atoms with van der Waals surface area (Å²) in [4.78, 5) is 0. The summed E-state index contributed by atoms with van der Waals surface area (Å²) in [7, 11) is 0. The van der Waals surface area contributed by atoms with E-state index >= 15 is 0 Å². The molecule has 2 rings (SSSR count). The molecule has 19 heavy (non-hydrogen) atoms. The SMILES string of the molecule is CCNC(C)c1nnc(-c2c(F)cc(Br)cc2F)o1. The number of benzene rings is 1. The Kier molecular flexibility index (Phi) is 4.26. The van der Waals surface area contributed by atoms with E-state index in [1.54, 1.807) is 0 Å². The van der Waals surface area contributed by atoms with E-state index in [-0.39, 0.29) is 17.5 Å². The molecule has 4 nitrogen and oxygen atoms in total. The Hall–Kier alpha value is -1.34. The summed E-state index contributed by atoms with van der Waals surface area (Å²) in [5, 5.41) is 10.6. The summed E-state index contributed by atoms with van der Waals surface area (Å²) in [6.45, 7) is 4.48. The van der Waals surface area contributed by atoms with Gasteiger partial charge < -0.3 is 9.73 Å². The van der Waals surface area contributed by atoms with Crippen LogP contribution in [0.15, 0.2) is 21.0 Å². The van der Waals surface area contributed by atoms with Gasteiger partial charge in [-0.05, 0) is 25.6 Å². The molecule has 1 aromatic carbocycles. The van der Waals surface area contributed by atoms with E-state index in [1.165, 1.54) is 0 Å². The average molecular weight is 332 g/mol. The van der Waals surface area contributed by atoms with Gasteiger partial charge in [-0.25, -0.2) is 8.78 Å². The lowest BCUT2D eigenvalue weighted by Crippen LogP contribution is -2.17. The van der Waals surface area contributed by atoms with Crippen molar-refractivity contribution in [3.05, 3.63) is 34.1 Å². The van der Waals surface area contributed by atoms with E-state index in [9.17, 15) is 8.78 Å². The van der Waals surface area contributed by atoms with Crippen LogP contribution in [0.5, 0.6) is 0 Å². The maximum absolute atomic E-state index is 13.7. The number of rotatable bonds is 4. The van der Waals surface area contributed by atoms with Crippen LogP contribution in [0.2, 0.25) is 0 Å². The third-order valence-electron chi connectivity index (χ3n) is 2.54. The molecule has 0 radical (unpaired) electrons. The Balaban J connectivity index is 2.38. The summed E-state index contributed by atoms with van der Waals surface area (Å²) >= 11 is 3.01. The number of halogens is 3. The zero-order valence-electron chi connectivity index (χ0n) is 10.4. The fraction of sp³-hybridized carbons (Fsp3) is 0.333. The lowest BCUT2D eigenvalue weighted by molar-refractivity contribution is 0.425. The fourth-order valence-electron chi connectivity index (χ4n) is 1.65. The molecular formula is C12H12BrF2N3O. The molecule has 0 aliphatic rings. The quantitative estimate of drug-likeness (QED) is 0.932. The minimum atomic E-state index is -0.752. The van der Waals surface area contributed by atoms with Crippen LogP contribution < -0.4 is 5.32 Å². The highest BCUT2D eigenvalue weighted by molar-refractivity contribution is 9.10. The van der Waals surface area contributed by atoms with Crippen LogP contribution in [0.4, 0.5) is 8.78 Å². The second kappa shape index (κ2) is 5.75. The summed E-state index contributed by atoms with van der Waals surface area (Å²) in [6, 6.07) is 2.12. The van der Waals surface area contributed by atoms with Crippen LogP contribution in [0, 0.1) is 11.6 Å². The Morgan fingerprint density at radius 1 is 1.32 bits per heavy atom. The van der Waals surface area contributed by atoms with Gasteiger partial charge in [-0.1, -0.05) is 22.9 Å². The first kappa shape index (κ1) is 14.1. The molecule has 1 aromatic heterocycles. The van der Waals surface area contributed by atoms with Crippen molar-refractivity contribution in [2.24, 2.45) is 0 Å². The molecule has 2 aromatic rings. The van der Waals surface area contributed by atoms with Crippen molar-refractivity contribution in [3.8, 4) is 11.5 Å². The minimum Gasteiger partial charge on any atom is -0.419 e. The Morgan fingerprint density at radius 2 is 1.95 bits per heavy atom. The molecule has 0 aliphatic heterocycles. The van der Waals surface area contributed by atoms with Crippen LogP contribution in [0.25, 0.3) is 11.5 Å². The molecule has 1 N–H and O–H groups in total. The van der Waals surface area contributed by atoms with Gasteiger partial charge in [0.2, 0.25) is 5.89 Å². The van der Waals surface area contributed by atoms with E-state index in [2.05, 4.69) is 31.4 Å². The highest BCUT2D eigenvalue weighted by atomic mass is 79.9. The predicted molar refractivity (Wildman–Crippen MR) is 69.4 cm³/mol. The van der Waals surface area contributed by atoms with Gasteiger partial charge in [-0.3, -0.25) is 0 Å². The first-order chi connectivity index (χ1) is 9.02. The second-order valence-corrected chi connectivity index (χ2v) is 4.88. The second-order valence-electron chi connectivity index (χ2n) is 3.97. The molecule has 0 amide bonds. The molecule has 0 spiro atoms. The van der Waals surface area contributed by atoms with Crippen molar-refractivity contribution in [2.45, 2.75) is 19.9 Å². The van der Waals surface area contributed by atoms with E-state index in [4.69, 9.17) is 4.42 Å². The van der Waals surface area contributed by atoms with Crippen LogP contribution in [-0.4, -0.2) is 16.7 Å². The molecule has 1 atom stereocenters. The van der Waals surface area contributed by atoms with Crippen molar-refractivity contribution >= 4 is 15.9 Å². The number of hydrogen-bond donors (Lipinski definition) is 1. The summed E-state index contributed by atoms with van der Waals surface area (Å²) < 4.78 is 33.1. The van der Waals surface area contributed by atoms with E-state index in [1.807, 2.05) is 13.8 Å². The lowest BCUT2D eigenvalue weighted by Gasteiger charge is -2.06. The summed E-state index contributed by atoms with van der Waals surface area (Å²) in [6.07, 6.45) is 0. The lowest BCUT2D eigenvalue weighted by atomic mass is 10.2. The zero-order chi connectivity index (χ0) is 14.0. The first-order valence-electron chi connectivity index (χ1n) is 5.74. The minimum absolute atomic E-state index is 0.165. The number of hydrogen-bond acceptors (Lipinski definition) is 4. The summed E-state index contributed by atoms with van der Waals surface area (Å²) in [5.41, 5.74) is -0.314. The number of nitrogens with one attached hydrogen (secondary N) is 1. The van der Waals surface area contributed by atoms with E-state index in [0.29, 0.717) is 10.4 Å². The maximum Gasteiger partial charge on any atom is 0.253 e. The highest BCUT2D eigenvalue weighted by Crippen LogP contribution is 2.28. The number of nitrogens with zero attached hydrogens (tertiary/aromatic N) is 2.